The predicted molar refractivity (Wildman–Crippen MR) is 122 cm³/mol. The van der Waals surface area contributed by atoms with Crippen LogP contribution in [-0.4, -0.2) is 43.6 Å². The third-order valence-corrected chi connectivity index (χ3v) is 12.1. The Labute approximate surface area is 195 Å². The largest absolute Gasteiger partial charge is 0.748 e. The van der Waals surface area contributed by atoms with Gasteiger partial charge in [0.2, 0.25) is 5.00 Å². The first kappa shape index (κ1) is 22.0. The van der Waals surface area contributed by atoms with Gasteiger partial charge in [-0.15, -0.1) is 0 Å². The summed E-state index contributed by atoms with van der Waals surface area (Å²) in [7, 11) is -8.78. The zero-order chi connectivity index (χ0) is 22.0. The van der Waals surface area contributed by atoms with Crippen molar-refractivity contribution in [3.05, 3.63) is 32.9 Å². The summed E-state index contributed by atoms with van der Waals surface area (Å²) in [5, 5.41) is 5.34. The third-order valence-electron chi connectivity index (χ3n) is 5.49. The van der Waals surface area contributed by atoms with E-state index in [9.17, 15) is 25.9 Å². The molecule has 166 valence electrons. The summed E-state index contributed by atoms with van der Waals surface area (Å²) >= 11 is 5.99. The molecule has 8 nitrogen and oxygen atoms in total. The van der Waals surface area contributed by atoms with E-state index in [0.717, 1.165) is 29.5 Å². The minimum atomic E-state index is -4.49. The molecule has 0 bridgehead atoms. The molecule has 0 saturated carbocycles. The van der Waals surface area contributed by atoms with E-state index < -0.39 is 31.4 Å². The molecule has 1 saturated heterocycles. The fourth-order valence-electron chi connectivity index (χ4n) is 4.09. The van der Waals surface area contributed by atoms with Crippen LogP contribution in [0.4, 0.5) is 5.00 Å². The maximum absolute atomic E-state index is 12.0. The number of aromatic nitrogens is 1. The molecule has 2 unspecified atom stereocenters. The van der Waals surface area contributed by atoms with Crippen LogP contribution in [0.15, 0.2) is 32.8 Å². The molecule has 2 atom stereocenters. The average Bonchev–Trinajstić information content (AvgIpc) is 3.33. The van der Waals surface area contributed by atoms with Gasteiger partial charge in [0, 0.05) is 12.2 Å². The van der Waals surface area contributed by atoms with Crippen molar-refractivity contribution in [2.24, 2.45) is 0 Å². The molecule has 1 spiro atoms. The molecule has 5 rings (SSSR count). The van der Waals surface area contributed by atoms with Crippen LogP contribution in [0, 0.1) is 0 Å². The minimum Gasteiger partial charge on any atom is -0.748 e. The Balaban J connectivity index is 1.58. The molecule has 3 aromatic heterocycles. The molecule has 1 fully saturated rings. The number of quaternary nitrogens is 1. The van der Waals surface area contributed by atoms with Crippen molar-refractivity contribution in [2.45, 2.75) is 29.7 Å². The molecule has 14 heteroatoms. The Bertz CT molecular complexity index is 1420. The molecular formula is C17H16N2O6S6. The topological polar surface area (TPSA) is 118 Å². The van der Waals surface area contributed by atoms with E-state index in [1.807, 2.05) is 33.5 Å². The molecule has 2 aliphatic heterocycles. The lowest BCUT2D eigenvalue weighted by Gasteiger charge is -2.48. The Morgan fingerprint density at radius 2 is 1.94 bits per heavy atom. The number of fused-ring (bicyclic) bond motifs is 3. The molecule has 3 aromatic rings. The second kappa shape index (κ2) is 7.60. The minimum absolute atomic E-state index is 0.0456. The standard InChI is InChI=1S/C17H16N2O6S6/c20-30(21,22)9-1-5-18-13(28-11-3-7-26-16(11)18)10-14-19(6-2-15(19)31(23,24)25)17-12(29-14)4-8-27-17/h3-4,7-8,10,15H,1-2,5-6,9H2. The van der Waals surface area contributed by atoms with Crippen molar-refractivity contribution >= 4 is 86.6 Å². The Morgan fingerprint density at radius 1 is 1.16 bits per heavy atom. The van der Waals surface area contributed by atoms with E-state index in [1.165, 1.54) is 45.8 Å². The fourth-order valence-corrected chi connectivity index (χ4v) is 10.9. The lowest BCUT2D eigenvalue weighted by molar-refractivity contribution is -0.666. The lowest BCUT2D eigenvalue weighted by atomic mass is 10.1. The fraction of sp³-hybridized carbons (Fsp3) is 0.353. The maximum Gasteiger partial charge on any atom is 0.280 e. The second-order valence-corrected chi connectivity index (χ2v) is 14.3. The van der Waals surface area contributed by atoms with E-state index in [2.05, 4.69) is 0 Å². The maximum atomic E-state index is 12.0. The highest BCUT2D eigenvalue weighted by Crippen LogP contribution is 2.60. The summed E-state index contributed by atoms with van der Waals surface area (Å²) in [6, 6.07) is 3.92. The van der Waals surface area contributed by atoms with E-state index in [-0.39, 0.29) is 10.9 Å². The van der Waals surface area contributed by atoms with Crippen molar-refractivity contribution in [1.82, 2.24) is 4.48 Å². The van der Waals surface area contributed by atoms with E-state index >= 15 is 0 Å². The first-order chi connectivity index (χ1) is 14.6. The summed E-state index contributed by atoms with van der Waals surface area (Å²) in [6.45, 7) is 0.906. The van der Waals surface area contributed by atoms with Crippen LogP contribution in [0.3, 0.4) is 0 Å². The van der Waals surface area contributed by atoms with Gasteiger partial charge in [-0.05, 0) is 34.7 Å². The van der Waals surface area contributed by atoms with Crippen molar-refractivity contribution < 1.29 is 30.5 Å². The number of nitrogens with zero attached hydrogens (tertiary/aromatic N) is 2. The van der Waals surface area contributed by atoms with Gasteiger partial charge in [-0.25, -0.2) is 21.3 Å². The normalized spacial score (nSPS) is 24.8. The molecule has 0 aliphatic carbocycles. The molecule has 5 heterocycles. The summed E-state index contributed by atoms with van der Waals surface area (Å²) in [4.78, 5) is 1.94. The van der Waals surface area contributed by atoms with Crippen LogP contribution in [0.1, 0.15) is 17.8 Å². The number of hydrogen-bond acceptors (Lipinski definition) is 10. The van der Waals surface area contributed by atoms with Gasteiger partial charge in [0.1, 0.15) is 4.70 Å². The number of hydrogen-bond donors (Lipinski definition) is 0. The Hall–Kier alpha value is -0.840. The van der Waals surface area contributed by atoms with Gasteiger partial charge in [-0.3, -0.25) is 0 Å². The van der Waals surface area contributed by atoms with Crippen molar-refractivity contribution in [3.63, 3.8) is 0 Å². The van der Waals surface area contributed by atoms with Crippen LogP contribution in [0.2, 0.25) is 0 Å². The number of thiazole rings is 1. The number of rotatable bonds is 6. The van der Waals surface area contributed by atoms with Gasteiger partial charge in [0.15, 0.2) is 27.1 Å². The Kier molecular flexibility index (Phi) is 5.39. The molecular weight excluding hydrogens is 521 g/mol. The number of aryl methyl sites for hydroxylation is 1. The van der Waals surface area contributed by atoms with Crippen molar-refractivity contribution in [2.75, 3.05) is 12.3 Å². The zero-order valence-electron chi connectivity index (χ0n) is 15.8. The molecule has 2 aliphatic rings. The van der Waals surface area contributed by atoms with Gasteiger partial charge in [0.05, 0.1) is 34.1 Å². The highest BCUT2D eigenvalue weighted by molar-refractivity contribution is 8.04. The van der Waals surface area contributed by atoms with E-state index in [1.54, 1.807) is 0 Å². The highest BCUT2D eigenvalue weighted by atomic mass is 32.2. The summed E-state index contributed by atoms with van der Waals surface area (Å²) < 4.78 is 72.2. The first-order valence-corrected chi connectivity index (χ1v) is 15.7. The average molecular weight is 537 g/mol. The van der Waals surface area contributed by atoms with Crippen molar-refractivity contribution in [1.29, 1.82) is 0 Å². The third kappa shape index (κ3) is 3.71. The summed E-state index contributed by atoms with van der Waals surface area (Å²) in [5.41, 5.74) is 0. The molecule has 0 N–H and O–H groups in total. The van der Waals surface area contributed by atoms with Crippen LogP contribution < -0.4 is 9.05 Å². The smallest absolute Gasteiger partial charge is 0.280 e. The van der Waals surface area contributed by atoms with Gasteiger partial charge in [-0.1, -0.05) is 34.0 Å². The first-order valence-electron chi connectivity index (χ1n) is 9.24. The zero-order valence-corrected chi connectivity index (χ0v) is 20.7. The molecule has 0 aromatic carbocycles. The quantitative estimate of drug-likeness (QED) is 0.270. The second-order valence-electron chi connectivity index (χ2n) is 7.30. The monoisotopic (exact) mass is 536 g/mol. The van der Waals surface area contributed by atoms with Gasteiger partial charge in [-0.2, -0.15) is 4.57 Å². The lowest BCUT2D eigenvalue weighted by Crippen LogP contribution is -2.66. The van der Waals surface area contributed by atoms with Gasteiger partial charge >= 0.3 is 0 Å². The van der Waals surface area contributed by atoms with Crippen LogP contribution >= 0.6 is 45.8 Å². The highest BCUT2D eigenvalue weighted by Gasteiger charge is 2.60. The molecule has 31 heavy (non-hydrogen) atoms. The van der Waals surface area contributed by atoms with Crippen LogP contribution in [-0.2, 0) is 26.8 Å². The van der Waals surface area contributed by atoms with Crippen molar-refractivity contribution in [3.8, 4) is 0 Å². The van der Waals surface area contributed by atoms with E-state index in [4.69, 9.17) is 0 Å². The molecule has 0 amide bonds. The predicted octanol–water partition coefficient (Wildman–Crippen LogP) is 2.93. The number of thioether (sulfide) groups is 1. The summed E-state index contributed by atoms with van der Waals surface area (Å²) in [5.74, 6) is -0.443. The summed E-state index contributed by atoms with van der Waals surface area (Å²) in [6.07, 6.45) is 2.44. The van der Waals surface area contributed by atoms with Crippen LogP contribution in [0.5, 0.6) is 0 Å². The SMILES string of the molecule is O=S(=O)([O-])CCC[n+]1c(C=C2Sc3ccsc3[N+]23CCC3S(=O)(=O)[O-])sc2ccsc21. The van der Waals surface area contributed by atoms with Crippen LogP contribution in [0.25, 0.3) is 15.6 Å². The van der Waals surface area contributed by atoms with Gasteiger partial charge in [0.25, 0.3) is 9.84 Å². The van der Waals surface area contributed by atoms with E-state index in [0.29, 0.717) is 19.5 Å². The number of thiophene rings is 2. The van der Waals surface area contributed by atoms with Gasteiger partial charge < -0.3 is 9.11 Å². The molecule has 0 radical (unpaired) electrons. The Morgan fingerprint density at radius 3 is 2.61 bits per heavy atom.